The highest BCUT2D eigenvalue weighted by Crippen LogP contribution is 2.24. The molecule has 0 spiro atoms. The number of rotatable bonds is 6. The molecule has 2 rings (SSSR count). The van der Waals surface area contributed by atoms with Crippen molar-refractivity contribution in [2.45, 2.75) is 57.8 Å². The predicted molar refractivity (Wildman–Crippen MR) is 96.3 cm³/mol. The molecule has 1 N–H and O–H groups in total. The number of nitrogens with one attached hydrogen (secondary N) is 1. The molecule has 1 aliphatic heterocycles. The summed E-state index contributed by atoms with van der Waals surface area (Å²) in [6.07, 6.45) is -0.111. The Bertz CT molecular complexity index is 708. The van der Waals surface area contributed by atoms with Crippen molar-refractivity contribution in [3.63, 3.8) is 0 Å². The van der Waals surface area contributed by atoms with Crippen molar-refractivity contribution in [2.24, 2.45) is 0 Å². The molecule has 140 valence electrons. The number of benzene rings is 1. The van der Waals surface area contributed by atoms with Crippen LogP contribution in [0.3, 0.4) is 0 Å². The summed E-state index contributed by atoms with van der Waals surface area (Å²) in [5, 5.41) is -0.593. The molecular formula is C18H27NO5S. The van der Waals surface area contributed by atoms with Gasteiger partial charge in [-0.3, -0.25) is 4.79 Å². The lowest BCUT2D eigenvalue weighted by molar-refractivity contribution is -0.125. The summed E-state index contributed by atoms with van der Waals surface area (Å²) in [4.78, 5) is 12.2. The molecule has 0 aliphatic carbocycles. The molecule has 1 saturated heterocycles. The largest absolute Gasteiger partial charge is 0.481 e. The Labute approximate surface area is 150 Å². The van der Waals surface area contributed by atoms with Crippen molar-refractivity contribution in [3.8, 4) is 5.75 Å². The lowest BCUT2D eigenvalue weighted by atomic mass is 9.98. The fourth-order valence-corrected chi connectivity index (χ4v) is 4.35. The van der Waals surface area contributed by atoms with E-state index in [2.05, 4.69) is 18.6 Å². The summed E-state index contributed by atoms with van der Waals surface area (Å²) in [6, 6.07) is 5.64. The Morgan fingerprint density at radius 3 is 2.44 bits per heavy atom. The summed E-state index contributed by atoms with van der Waals surface area (Å²) in [5.74, 6) is 0.296. The first-order valence-corrected chi connectivity index (χ1v) is 10.2. The second-order valence-electron chi connectivity index (χ2n) is 6.76. The number of hydrogen-bond acceptors (Lipinski definition) is 5. The zero-order valence-electron chi connectivity index (χ0n) is 15.2. The van der Waals surface area contributed by atoms with Gasteiger partial charge in [-0.1, -0.05) is 19.9 Å². The van der Waals surface area contributed by atoms with Gasteiger partial charge in [0.25, 0.3) is 5.91 Å². The van der Waals surface area contributed by atoms with E-state index in [1.54, 1.807) is 13.0 Å². The van der Waals surface area contributed by atoms with Crippen molar-refractivity contribution < 1.29 is 22.7 Å². The molecule has 1 amide bonds. The number of ether oxygens (including phenoxy) is 2. The SMILES string of the molecule is Cc1cc(O[C@@H](C)C(=O)NS(=O)(=O)C2CCOCC2)ccc1C(C)C. The van der Waals surface area contributed by atoms with Gasteiger partial charge in [-0.2, -0.15) is 0 Å². The van der Waals surface area contributed by atoms with Crippen molar-refractivity contribution in [1.82, 2.24) is 4.72 Å². The number of sulfonamides is 1. The number of aryl methyl sites for hydroxylation is 1. The van der Waals surface area contributed by atoms with Gasteiger partial charge in [0.2, 0.25) is 10.0 Å². The van der Waals surface area contributed by atoms with Crippen molar-refractivity contribution in [3.05, 3.63) is 29.3 Å². The van der Waals surface area contributed by atoms with Crippen LogP contribution in [0.5, 0.6) is 5.75 Å². The van der Waals surface area contributed by atoms with Gasteiger partial charge in [0, 0.05) is 13.2 Å². The Morgan fingerprint density at radius 2 is 1.88 bits per heavy atom. The van der Waals surface area contributed by atoms with E-state index < -0.39 is 27.3 Å². The topological polar surface area (TPSA) is 81.7 Å². The lowest BCUT2D eigenvalue weighted by Crippen LogP contribution is -2.45. The molecule has 1 aromatic rings. The van der Waals surface area contributed by atoms with Crippen molar-refractivity contribution in [1.29, 1.82) is 0 Å². The highest BCUT2D eigenvalue weighted by molar-refractivity contribution is 7.90. The predicted octanol–water partition coefficient (Wildman–Crippen LogP) is 2.51. The highest BCUT2D eigenvalue weighted by Gasteiger charge is 2.31. The molecule has 0 unspecified atom stereocenters. The van der Waals surface area contributed by atoms with E-state index >= 15 is 0 Å². The smallest absolute Gasteiger partial charge is 0.274 e. The molecule has 1 aliphatic rings. The molecule has 0 saturated carbocycles. The van der Waals surface area contributed by atoms with E-state index in [4.69, 9.17) is 9.47 Å². The molecular weight excluding hydrogens is 342 g/mol. The average Bonchev–Trinajstić information content (AvgIpc) is 2.55. The van der Waals surface area contributed by atoms with Crippen LogP contribution in [0.4, 0.5) is 0 Å². The fraction of sp³-hybridized carbons (Fsp3) is 0.611. The lowest BCUT2D eigenvalue weighted by Gasteiger charge is -2.23. The first kappa shape index (κ1) is 19.7. The van der Waals surface area contributed by atoms with E-state index in [-0.39, 0.29) is 0 Å². The molecule has 1 heterocycles. The van der Waals surface area contributed by atoms with Gasteiger partial charge < -0.3 is 9.47 Å². The minimum atomic E-state index is -3.71. The third-order valence-electron chi connectivity index (χ3n) is 4.40. The standard InChI is InChI=1S/C18H27NO5S/c1-12(2)17-6-5-15(11-13(17)3)24-14(4)18(20)19-25(21,22)16-7-9-23-10-8-16/h5-6,11-12,14,16H,7-10H2,1-4H3,(H,19,20)/t14-/m0/s1. The minimum Gasteiger partial charge on any atom is -0.481 e. The van der Waals surface area contributed by atoms with Crippen LogP contribution in [-0.2, 0) is 19.6 Å². The maximum atomic E-state index is 12.3. The summed E-state index contributed by atoms with van der Waals surface area (Å²) < 4.78 is 37.5. The van der Waals surface area contributed by atoms with Crippen LogP contribution in [0.15, 0.2) is 18.2 Å². The first-order chi connectivity index (χ1) is 11.7. The molecule has 25 heavy (non-hydrogen) atoms. The fourth-order valence-electron chi connectivity index (χ4n) is 2.92. The number of carbonyl (C=O) groups excluding carboxylic acids is 1. The monoisotopic (exact) mass is 369 g/mol. The van der Waals surface area contributed by atoms with E-state index in [1.807, 2.05) is 19.1 Å². The Hall–Kier alpha value is -1.60. The Kier molecular flexibility index (Phi) is 6.46. The summed E-state index contributed by atoms with van der Waals surface area (Å²) >= 11 is 0. The molecule has 0 bridgehead atoms. The Morgan fingerprint density at radius 1 is 1.24 bits per heavy atom. The average molecular weight is 369 g/mol. The third-order valence-corrected chi connectivity index (χ3v) is 6.23. The molecule has 0 radical (unpaired) electrons. The van der Waals surface area contributed by atoms with Gasteiger partial charge in [0.15, 0.2) is 6.10 Å². The summed E-state index contributed by atoms with van der Waals surface area (Å²) in [6.45, 7) is 8.55. The second kappa shape index (κ2) is 8.19. The van der Waals surface area contributed by atoms with E-state index in [0.29, 0.717) is 37.7 Å². The molecule has 7 heteroatoms. The first-order valence-electron chi connectivity index (χ1n) is 8.61. The third kappa shape index (κ3) is 5.19. The minimum absolute atomic E-state index is 0.396. The van der Waals surface area contributed by atoms with E-state index in [9.17, 15) is 13.2 Å². The maximum Gasteiger partial charge on any atom is 0.274 e. The zero-order valence-corrected chi connectivity index (χ0v) is 16.1. The van der Waals surface area contributed by atoms with Gasteiger partial charge in [-0.25, -0.2) is 13.1 Å². The van der Waals surface area contributed by atoms with Gasteiger partial charge in [0.05, 0.1) is 5.25 Å². The van der Waals surface area contributed by atoms with Crippen LogP contribution >= 0.6 is 0 Å². The number of amides is 1. The van der Waals surface area contributed by atoms with Gasteiger partial charge in [-0.05, 0) is 55.9 Å². The highest BCUT2D eigenvalue weighted by atomic mass is 32.2. The van der Waals surface area contributed by atoms with Crippen LogP contribution in [0.1, 0.15) is 50.7 Å². The van der Waals surface area contributed by atoms with Crippen LogP contribution < -0.4 is 9.46 Å². The van der Waals surface area contributed by atoms with Crippen LogP contribution in [-0.4, -0.2) is 38.9 Å². The summed E-state index contributed by atoms with van der Waals surface area (Å²) in [7, 11) is -3.71. The van der Waals surface area contributed by atoms with Crippen LogP contribution in [0.2, 0.25) is 0 Å². The van der Waals surface area contributed by atoms with E-state index in [0.717, 1.165) is 5.56 Å². The quantitative estimate of drug-likeness (QED) is 0.833. The van der Waals surface area contributed by atoms with Gasteiger partial charge >= 0.3 is 0 Å². The molecule has 0 aromatic heterocycles. The van der Waals surface area contributed by atoms with Gasteiger partial charge in [0.1, 0.15) is 5.75 Å². The zero-order chi connectivity index (χ0) is 18.6. The maximum absolute atomic E-state index is 12.3. The molecule has 6 nitrogen and oxygen atoms in total. The van der Waals surface area contributed by atoms with Crippen molar-refractivity contribution in [2.75, 3.05) is 13.2 Å². The van der Waals surface area contributed by atoms with Crippen molar-refractivity contribution >= 4 is 15.9 Å². The molecule has 1 fully saturated rings. The van der Waals surface area contributed by atoms with Crippen LogP contribution in [0, 0.1) is 6.92 Å². The molecule has 1 atom stereocenters. The normalized spacial score (nSPS) is 17.3. The van der Waals surface area contributed by atoms with E-state index in [1.165, 1.54) is 5.56 Å². The number of carbonyl (C=O) groups is 1. The molecule has 1 aromatic carbocycles. The number of hydrogen-bond donors (Lipinski definition) is 1. The van der Waals surface area contributed by atoms with Gasteiger partial charge in [-0.15, -0.1) is 0 Å². The second-order valence-corrected chi connectivity index (χ2v) is 8.72. The van der Waals surface area contributed by atoms with Crippen LogP contribution in [0.25, 0.3) is 0 Å². The summed E-state index contributed by atoms with van der Waals surface area (Å²) in [5.41, 5.74) is 2.29. The Balaban J connectivity index is 1.99.